The quantitative estimate of drug-likeness (QED) is 0.116. The van der Waals surface area contributed by atoms with Gasteiger partial charge in [-0.25, -0.2) is 0 Å². The third kappa shape index (κ3) is 7.14. The van der Waals surface area contributed by atoms with Crippen molar-refractivity contribution in [1.29, 1.82) is 0 Å². The molecule has 6 rings (SSSR count). The number of ketones is 1. The first-order valence-electron chi connectivity index (χ1n) is 15.7. The van der Waals surface area contributed by atoms with Crippen molar-refractivity contribution in [2.45, 2.75) is 26.0 Å². The average Bonchev–Trinajstić information content (AvgIpc) is 3.34. The summed E-state index contributed by atoms with van der Waals surface area (Å²) < 4.78 is 17.6. The van der Waals surface area contributed by atoms with Gasteiger partial charge in [-0.05, 0) is 72.5 Å². The summed E-state index contributed by atoms with van der Waals surface area (Å²) in [5.41, 5.74) is 3.03. The molecule has 0 unspecified atom stereocenters. The summed E-state index contributed by atoms with van der Waals surface area (Å²) in [6, 6.07) is 31.2. The fourth-order valence-corrected chi connectivity index (χ4v) is 5.97. The number of benzene rings is 4. The normalized spacial score (nSPS) is 18.1. The van der Waals surface area contributed by atoms with Gasteiger partial charge in [0.05, 0.1) is 24.8 Å². The van der Waals surface area contributed by atoms with E-state index in [1.807, 2.05) is 91.9 Å². The minimum Gasteiger partial charge on any atom is -0.507 e. The second-order valence-corrected chi connectivity index (χ2v) is 11.5. The van der Waals surface area contributed by atoms with Gasteiger partial charge >= 0.3 is 0 Å². The Morgan fingerprint density at radius 1 is 0.848 bits per heavy atom. The van der Waals surface area contributed by atoms with E-state index in [0.717, 1.165) is 30.8 Å². The maximum absolute atomic E-state index is 13.7. The second kappa shape index (κ2) is 14.5. The smallest absolute Gasteiger partial charge is 0.295 e. The third-order valence-corrected chi connectivity index (χ3v) is 8.36. The minimum atomic E-state index is -0.779. The number of carbonyl (C=O) groups excluding carboxylic acids is 2. The number of likely N-dealkylation sites (tertiary alicyclic amines) is 1. The van der Waals surface area contributed by atoms with Crippen LogP contribution in [0.5, 0.6) is 17.2 Å². The molecule has 4 aromatic carbocycles. The van der Waals surface area contributed by atoms with Crippen LogP contribution in [0, 0.1) is 6.92 Å². The highest BCUT2D eigenvalue weighted by Crippen LogP contribution is 2.41. The van der Waals surface area contributed by atoms with Crippen LogP contribution in [-0.4, -0.2) is 66.0 Å². The Bertz CT molecular complexity index is 1700. The molecule has 1 atom stereocenters. The van der Waals surface area contributed by atoms with Crippen molar-refractivity contribution in [2.75, 3.05) is 39.4 Å². The molecule has 46 heavy (non-hydrogen) atoms. The molecule has 2 saturated heterocycles. The summed E-state index contributed by atoms with van der Waals surface area (Å²) >= 11 is 0. The molecular formula is C38H38N2O6. The number of carbonyl (C=O) groups is 2. The number of amides is 1. The molecule has 4 aromatic rings. The zero-order valence-electron chi connectivity index (χ0n) is 25.9. The largest absolute Gasteiger partial charge is 0.507 e. The van der Waals surface area contributed by atoms with Crippen LogP contribution < -0.4 is 9.47 Å². The van der Waals surface area contributed by atoms with E-state index in [2.05, 4.69) is 4.90 Å². The van der Waals surface area contributed by atoms with Gasteiger partial charge in [0, 0.05) is 31.7 Å². The van der Waals surface area contributed by atoms with E-state index in [-0.39, 0.29) is 11.3 Å². The van der Waals surface area contributed by atoms with E-state index in [9.17, 15) is 14.7 Å². The van der Waals surface area contributed by atoms with Gasteiger partial charge in [-0.2, -0.15) is 0 Å². The maximum atomic E-state index is 13.7. The lowest BCUT2D eigenvalue weighted by Crippen LogP contribution is -2.38. The highest BCUT2D eigenvalue weighted by atomic mass is 16.5. The van der Waals surface area contributed by atoms with E-state index in [4.69, 9.17) is 14.2 Å². The van der Waals surface area contributed by atoms with Crippen molar-refractivity contribution in [3.8, 4) is 17.2 Å². The average molecular weight is 619 g/mol. The number of aryl methyl sites for hydroxylation is 1. The van der Waals surface area contributed by atoms with E-state index in [0.29, 0.717) is 61.2 Å². The standard InChI is InChI=1S/C38H38N2O6/c1-27-24-30(16-17-33(27)45-26-28-10-4-2-5-11-28)36(41)34-35(29-12-8-15-32(25-29)46-31-13-6-3-7-14-31)40(38(43)37(34)42)19-9-18-39-20-22-44-23-21-39/h2-8,10-17,24-25,35,41H,9,18-23,26H2,1H3/t35-/m0/s1. The number of rotatable bonds is 11. The van der Waals surface area contributed by atoms with Crippen LogP contribution in [0.15, 0.2) is 109 Å². The Kier molecular flexibility index (Phi) is 9.76. The summed E-state index contributed by atoms with van der Waals surface area (Å²) in [5, 5.41) is 11.7. The molecule has 2 aliphatic heterocycles. The molecule has 0 radical (unpaired) electrons. The number of morpholine rings is 1. The van der Waals surface area contributed by atoms with Crippen molar-refractivity contribution >= 4 is 17.4 Å². The van der Waals surface area contributed by atoms with Crippen LogP contribution in [0.3, 0.4) is 0 Å². The lowest BCUT2D eigenvalue weighted by molar-refractivity contribution is -0.140. The van der Waals surface area contributed by atoms with Gasteiger partial charge in [-0.3, -0.25) is 14.5 Å². The number of hydrogen-bond acceptors (Lipinski definition) is 7. The Labute approximate surface area is 269 Å². The second-order valence-electron chi connectivity index (χ2n) is 11.5. The van der Waals surface area contributed by atoms with E-state index in [1.54, 1.807) is 23.1 Å². The first-order chi connectivity index (χ1) is 22.5. The number of para-hydroxylation sites is 1. The van der Waals surface area contributed by atoms with Gasteiger partial charge in [-0.1, -0.05) is 60.7 Å². The lowest BCUT2D eigenvalue weighted by Gasteiger charge is -2.29. The zero-order chi connectivity index (χ0) is 31.9. The Morgan fingerprint density at radius 3 is 2.30 bits per heavy atom. The van der Waals surface area contributed by atoms with Gasteiger partial charge < -0.3 is 24.2 Å². The molecule has 236 valence electrons. The molecule has 0 aromatic heterocycles. The molecule has 2 heterocycles. The zero-order valence-corrected chi connectivity index (χ0v) is 25.9. The van der Waals surface area contributed by atoms with E-state index >= 15 is 0 Å². The SMILES string of the molecule is Cc1cc(C(O)=C2C(=O)C(=O)N(CCCN3CCOCC3)[C@H]2c2cccc(Oc3ccccc3)c2)ccc1OCc1ccccc1. The molecule has 0 saturated carbocycles. The van der Waals surface area contributed by atoms with Crippen molar-refractivity contribution in [3.05, 3.63) is 131 Å². The number of Topliss-reactive ketones (excluding diaryl/α,β-unsaturated/α-hetero) is 1. The van der Waals surface area contributed by atoms with Crippen molar-refractivity contribution < 1.29 is 28.9 Å². The monoisotopic (exact) mass is 618 g/mol. The molecule has 1 N–H and O–H groups in total. The molecule has 8 nitrogen and oxygen atoms in total. The number of nitrogens with zero attached hydrogens (tertiary/aromatic N) is 2. The lowest BCUT2D eigenvalue weighted by atomic mass is 9.94. The highest BCUT2D eigenvalue weighted by molar-refractivity contribution is 6.46. The van der Waals surface area contributed by atoms with Gasteiger partial charge in [0.25, 0.3) is 11.7 Å². The predicted molar refractivity (Wildman–Crippen MR) is 176 cm³/mol. The minimum absolute atomic E-state index is 0.0607. The topological polar surface area (TPSA) is 88.5 Å². The molecule has 8 heteroatoms. The summed E-state index contributed by atoms with van der Waals surface area (Å²) in [4.78, 5) is 31.1. The fourth-order valence-electron chi connectivity index (χ4n) is 5.97. The third-order valence-electron chi connectivity index (χ3n) is 8.36. The van der Waals surface area contributed by atoms with Crippen LogP contribution in [0.1, 0.15) is 34.7 Å². The van der Waals surface area contributed by atoms with Crippen LogP contribution in [0.4, 0.5) is 0 Å². The summed E-state index contributed by atoms with van der Waals surface area (Å²) in [6.45, 7) is 6.49. The molecule has 2 aliphatic rings. The van der Waals surface area contributed by atoms with Crippen LogP contribution >= 0.6 is 0 Å². The molecule has 0 bridgehead atoms. The van der Waals surface area contributed by atoms with Crippen molar-refractivity contribution in [3.63, 3.8) is 0 Å². The van der Waals surface area contributed by atoms with Gasteiger partial charge in [-0.15, -0.1) is 0 Å². The molecule has 1 amide bonds. The Hall–Kier alpha value is -4.92. The maximum Gasteiger partial charge on any atom is 0.295 e. The molecule has 0 spiro atoms. The van der Waals surface area contributed by atoms with E-state index in [1.165, 1.54) is 0 Å². The number of aliphatic hydroxyl groups is 1. The van der Waals surface area contributed by atoms with Crippen molar-refractivity contribution in [1.82, 2.24) is 9.80 Å². The first-order valence-corrected chi connectivity index (χ1v) is 15.7. The summed E-state index contributed by atoms with van der Waals surface area (Å²) in [7, 11) is 0. The number of aliphatic hydroxyl groups excluding tert-OH is 1. The Balaban J connectivity index is 1.31. The van der Waals surface area contributed by atoms with Crippen molar-refractivity contribution in [2.24, 2.45) is 0 Å². The number of ether oxygens (including phenoxy) is 3. The number of hydrogen-bond donors (Lipinski definition) is 1. The molecule has 0 aliphatic carbocycles. The first kappa shape index (κ1) is 31.1. The summed E-state index contributed by atoms with van der Waals surface area (Å²) in [6.07, 6.45) is 0.677. The Morgan fingerprint density at radius 2 is 1.57 bits per heavy atom. The molecule has 2 fully saturated rings. The van der Waals surface area contributed by atoms with Gasteiger partial charge in [0.2, 0.25) is 0 Å². The highest BCUT2D eigenvalue weighted by Gasteiger charge is 2.46. The van der Waals surface area contributed by atoms with Gasteiger partial charge in [0.1, 0.15) is 29.6 Å². The van der Waals surface area contributed by atoms with Gasteiger partial charge in [0.15, 0.2) is 0 Å². The van der Waals surface area contributed by atoms with Crippen LogP contribution in [-0.2, 0) is 20.9 Å². The fraction of sp³-hybridized carbons (Fsp3) is 0.263. The predicted octanol–water partition coefficient (Wildman–Crippen LogP) is 6.51. The van der Waals surface area contributed by atoms with Crippen LogP contribution in [0.2, 0.25) is 0 Å². The molecular weight excluding hydrogens is 580 g/mol. The summed E-state index contributed by atoms with van der Waals surface area (Å²) in [5.74, 6) is 0.368. The van der Waals surface area contributed by atoms with E-state index < -0.39 is 17.7 Å². The van der Waals surface area contributed by atoms with Crippen LogP contribution in [0.25, 0.3) is 5.76 Å².